The van der Waals surface area contributed by atoms with Crippen LogP contribution in [-0.4, -0.2) is 17.4 Å². The number of methoxy groups -OCH3 is 1. The van der Waals surface area contributed by atoms with Crippen LogP contribution in [0.25, 0.3) is 5.69 Å². The number of benzene rings is 2. The molecule has 3 heteroatoms. The number of fused-ring (bicyclic) bond motifs is 3. The molecule has 23 heavy (non-hydrogen) atoms. The summed E-state index contributed by atoms with van der Waals surface area (Å²) in [6.45, 7) is 0.726. The first-order chi connectivity index (χ1) is 11.3. The van der Waals surface area contributed by atoms with E-state index in [-0.39, 0.29) is 0 Å². The van der Waals surface area contributed by atoms with E-state index in [1.807, 2.05) is 12.1 Å². The van der Waals surface area contributed by atoms with Gasteiger partial charge in [0.25, 0.3) is 0 Å². The van der Waals surface area contributed by atoms with Crippen molar-refractivity contribution in [2.75, 3.05) is 7.11 Å². The van der Waals surface area contributed by atoms with Crippen molar-refractivity contribution in [2.24, 2.45) is 4.99 Å². The molecule has 0 radical (unpaired) electrons. The van der Waals surface area contributed by atoms with E-state index in [9.17, 15) is 0 Å². The molecule has 3 aromatic rings. The van der Waals surface area contributed by atoms with Crippen molar-refractivity contribution < 1.29 is 4.74 Å². The Hall–Kier alpha value is -2.81. The molecule has 0 saturated heterocycles. The third-order valence-electron chi connectivity index (χ3n) is 4.27. The van der Waals surface area contributed by atoms with Gasteiger partial charge in [0.2, 0.25) is 0 Å². The number of ether oxygens (including phenoxy) is 1. The first-order valence-electron chi connectivity index (χ1n) is 7.77. The highest BCUT2D eigenvalue weighted by molar-refractivity contribution is 6.01. The molecule has 1 aromatic heterocycles. The van der Waals surface area contributed by atoms with Crippen LogP contribution in [0.2, 0.25) is 0 Å². The molecule has 4 rings (SSSR count). The number of hydrogen-bond donors (Lipinski definition) is 0. The van der Waals surface area contributed by atoms with Crippen molar-refractivity contribution in [3.05, 3.63) is 83.7 Å². The Morgan fingerprint density at radius 3 is 2.65 bits per heavy atom. The third-order valence-corrected chi connectivity index (χ3v) is 4.27. The van der Waals surface area contributed by atoms with Crippen molar-refractivity contribution in [3.8, 4) is 11.4 Å². The minimum absolute atomic E-state index is 0.726. The maximum Gasteiger partial charge on any atom is 0.118 e. The van der Waals surface area contributed by atoms with Crippen LogP contribution >= 0.6 is 0 Å². The largest absolute Gasteiger partial charge is 0.497 e. The summed E-state index contributed by atoms with van der Waals surface area (Å²) < 4.78 is 7.47. The van der Waals surface area contributed by atoms with E-state index in [0.717, 1.165) is 24.4 Å². The predicted octanol–water partition coefficient (Wildman–Crippen LogP) is 4.03. The Kier molecular flexibility index (Phi) is 3.46. The molecule has 3 nitrogen and oxygen atoms in total. The fraction of sp³-hybridized carbons (Fsp3) is 0.150. The van der Waals surface area contributed by atoms with Crippen molar-refractivity contribution in [3.63, 3.8) is 0 Å². The molecule has 0 aliphatic carbocycles. The summed E-state index contributed by atoms with van der Waals surface area (Å²) in [7, 11) is 1.69. The Labute approximate surface area is 135 Å². The van der Waals surface area contributed by atoms with Crippen LogP contribution < -0.4 is 4.74 Å². The quantitative estimate of drug-likeness (QED) is 0.717. The molecule has 2 heterocycles. The van der Waals surface area contributed by atoms with E-state index in [1.54, 1.807) is 7.11 Å². The van der Waals surface area contributed by atoms with E-state index >= 15 is 0 Å². The van der Waals surface area contributed by atoms with Gasteiger partial charge in [-0.05, 0) is 41.5 Å². The molecular weight excluding hydrogens is 284 g/mol. The Balaban J connectivity index is 1.71. The average Bonchev–Trinajstić information content (AvgIpc) is 3.04. The lowest BCUT2D eigenvalue weighted by Gasteiger charge is -2.10. The second kappa shape index (κ2) is 5.76. The third kappa shape index (κ3) is 2.55. The first-order valence-corrected chi connectivity index (χ1v) is 7.77. The van der Waals surface area contributed by atoms with E-state index in [2.05, 4.69) is 59.3 Å². The van der Waals surface area contributed by atoms with Gasteiger partial charge in [0.15, 0.2) is 0 Å². The Bertz CT molecular complexity index is 859. The zero-order valence-electron chi connectivity index (χ0n) is 13.1. The minimum Gasteiger partial charge on any atom is -0.497 e. The number of nitrogens with zero attached hydrogens (tertiary/aromatic N) is 2. The van der Waals surface area contributed by atoms with Gasteiger partial charge < -0.3 is 9.30 Å². The zero-order valence-corrected chi connectivity index (χ0v) is 13.1. The van der Waals surface area contributed by atoms with Crippen LogP contribution in [0.4, 0.5) is 0 Å². The van der Waals surface area contributed by atoms with Crippen LogP contribution in [0.15, 0.2) is 71.9 Å². The van der Waals surface area contributed by atoms with E-state index in [0.29, 0.717) is 0 Å². The van der Waals surface area contributed by atoms with Crippen molar-refractivity contribution in [1.82, 2.24) is 4.57 Å². The van der Waals surface area contributed by atoms with Gasteiger partial charge >= 0.3 is 0 Å². The lowest BCUT2D eigenvalue weighted by Crippen LogP contribution is -2.09. The van der Waals surface area contributed by atoms with Crippen molar-refractivity contribution in [1.29, 1.82) is 0 Å². The number of hydrogen-bond acceptors (Lipinski definition) is 2. The number of aliphatic imine (C=N–C) groups is 1. The summed E-state index contributed by atoms with van der Waals surface area (Å²) in [5, 5.41) is 0. The van der Waals surface area contributed by atoms with Crippen LogP contribution in [0, 0.1) is 0 Å². The smallest absolute Gasteiger partial charge is 0.118 e. The highest BCUT2D eigenvalue weighted by atomic mass is 16.5. The predicted molar refractivity (Wildman–Crippen MR) is 92.7 cm³/mol. The monoisotopic (exact) mass is 302 g/mol. The topological polar surface area (TPSA) is 26.5 Å². The van der Waals surface area contributed by atoms with E-state index in [1.165, 1.54) is 22.5 Å². The van der Waals surface area contributed by atoms with Crippen molar-refractivity contribution in [2.45, 2.75) is 13.0 Å². The highest BCUT2D eigenvalue weighted by Gasteiger charge is 2.16. The summed E-state index contributed by atoms with van der Waals surface area (Å²) in [6.07, 6.45) is 2.94. The summed E-state index contributed by atoms with van der Waals surface area (Å²) in [4.78, 5) is 4.88. The van der Waals surface area contributed by atoms with E-state index in [4.69, 9.17) is 9.73 Å². The molecule has 0 fully saturated rings. The molecule has 2 aromatic carbocycles. The molecule has 0 unspecified atom stereocenters. The van der Waals surface area contributed by atoms with Gasteiger partial charge in [-0.2, -0.15) is 0 Å². The van der Waals surface area contributed by atoms with Gasteiger partial charge in [-0.1, -0.05) is 30.3 Å². The summed E-state index contributed by atoms with van der Waals surface area (Å²) in [6, 6.07) is 20.9. The molecule has 0 saturated carbocycles. The molecule has 1 aliphatic heterocycles. The van der Waals surface area contributed by atoms with Gasteiger partial charge in [0.05, 0.1) is 30.7 Å². The van der Waals surface area contributed by atoms with Crippen LogP contribution in [0.1, 0.15) is 16.8 Å². The molecule has 0 atom stereocenters. The van der Waals surface area contributed by atoms with Crippen molar-refractivity contribution >= 4 is 5.71 Å². The minimum atomic E-state index is 0.726. The molecule has 1 aliphatic rings. The molecule has 0 bridgehead atoms. The lowest BCUT2D eigenvalue weighted by atomic mass is 10.1. The lowest BCUT2D eigenvalue weighted by molar-refractivity contribution is 0.414. The van der Waals surface area contributed by atoms with Gasteiger partial charge in [-0.3, -0.25) is 4.99 Å². The van der Waals surface area contributed by atoms with Gasteiger partial charge in [0.1, 0.15) is 5.75 Å². The fourth-order valence-electron chi connectivity index (χ4n) is 3.05. The number of rotatable bonds is 3. The molecular formula is C20H18N2O. The molecule has 0 amide bonds. The normalized spacial score (nSPS) is 12.8. The summed E-state index contributed by atoms with van der Waals surface area (Å²) in [5.74, 6) is 0.882. The SMILES string of the molecule is COc1ccc(CC2=NCc3ccccc3-n3cccc32)cc1. The number of para-hydroxylation sites is 1. The second-order valence-corrected chi connectivity index (χ2v) is 5.68. The summed E-state index contributed by atoms with van der Waals surface area (Å²) in [5.41, 5.74) is 6.01. The number of aromatic nitrogens is 1. The highest BCUT2D eigenvalue weighted by Crippen LogP contribution is 2.24. The molecule has 0 spiro atoms. The Morgan fingerprint density at radius 2 is 1.83 bits per heavy atom. The first kappa shape index (κ1) is 13.8. The summed E-state index contributed by atoms with van der Waals surface area (Å²) >= 11 is 0. The van der Waals surface area contributed by atoms with Gasteiger partial charge in [-0.15, -0.1) is 0 Å². The van der Waals surface area contributed by atoms with Crippen LogP contribution in [0.5, 0.6) is 5.75 Å². The second-order valence-electron chi connectivity index (χ2n) is 5.68. The molecule has 114 valence electrons. The maximum absolute atomic E-state index is 5.23. The standard InChI is InChI=1S/C20H18N2O/c1-23-17-10-8-15(9-11-17)13-18-20-7-4-12-22(20)19-6-3-2-5-16(19)14-21-18/h2-12H,13-14H2,1H3. The van der Waals surface area contributed by atoms with Crippen LogP contribution in [-0.2, 0) is 13.0 Å². The van der Waals surface area contributed by atoms with Crippen LogP contribution in [0.3, 0.4) is 0 Å². The fourth-order valence-corrected chi connectivity index (χ4v) is 3.05. The molecule has 0 N–H and O–H groups in total. The Morgan fingerprint density at radius 1 is 1.00 bits per heavy atom. The zero-order chi connectivity index (χ0) is 15.6. The average molecular weight is 302 g/mol. The van der Waals surface area contributed by atoms with E-state index < -0.39 is 0 Å². The van der Waals surface area contributed by atoms with Gasteiger partial charge in [-0.25, -0.2) is 0 Å². The van der Waals surface area contributed by atoms with Gasteiger partial charge in [0, 0.05) is 12.6 Å². The maximum atomic E-state index is 5.23.